The van der Waals surface area contributed by atoms with Crippen molar-refractivity contribution in [1.29, 1.82) is 0 Å². The minimum absolute atomic E-state index is 0.159. The van der Waals surface area contributed by atoms with Gasteiger partial charge in [-0.3, -0.25) is 0 Å². The molecule has 0 unspecified atom stereocenters. The van der Waals surface area contributed by atoms with Crippen molar-refractivity contribution in [3.63, 3.8) is 0 Å². The van der Waals surface area contributed by atoms with Gasteiger partial charge in [0, 0.05) is 0 Å². The molecule has 1 aromatic carbocycles. The number of aromatic carboxylic acids is 1. The lowest BCUT2D eigenvalue weighted by Crippen LogP contribution is -2.18. The lowest BCUT2D eigenvalue weighted by molar-refractivity contribution is 0.0696. The Labute approximate surface area is 93.8 Å². The van der Waals surface area contributed by atoms with E-state index < -0.39 is 15.8 Å². The molecule has 0 saturated carbocycles. The Balaban J connectivity index is 2.72. The van der Waals surface area contributed by atoms with Crippen LogP contribution in [-0.4, -0.2) is 25.2 Å². The molecule has 16 heavy (non-hydrogen) atoms. The van der Waals surface area contributed by atoms with Crippen LogP contribution in [0.4, 0.5) is 0 Å². The maximum absolute atomic E-state index is 11.8. The minimum atomic E-state index is -3.20. The molecule has 4 nitrogen and oxygen atoms in total. The van der Waals surface area contributed by atoms with Crippen molar-refractivity contribution in [2.24, 2.45) is 0 Å². The highest BCUT2D eigenvalue weighted by Gasteiger charge is 2.26. The van der Waals surface area contributed by atoms with Crippen LogP contribution in [0.5, 0.6) is 0 Å². The summed E-state index contributed by atoms with van der Waals surface area (Å²) in [5, 5.41) is 8.95. The smallest absolute Gasteiger partial charge is 0.335 e. The first kappa shape index (κ1) is 11.1. The van der Waals surface area contributed by atoms with Gasteiger partial charge in [0.05, 0.1) is 16.2 Å². The average Bonchev–Trinajstić information content (AvgIpc) is 2.18. The molecule has 0 saturated heterocycles. The summed E-state index contributed by atoms with van der Waals surface area (Å²) >= 11 is 0. The lowest BCUT2D eigenvalue weighted by atomic mass is 9.99. The van der Waals surface area contributed by atoms with Gasteiger partial charge in [0.15, 0.2) is 9.84 Å². The van der Waals surface area contributed by atoms with E-state index in [1.165, 1.54) is 12.1 Å². The van der Waals surface area contributed by atoms with Gasteiger partial charge >= 0.3 is 5.97 Å². The number of carbonyl (C=O) groups is 1. The molecule has 0 spiro atoms. The minimum Gasteiger partial charge on any atom is -0.478 e. The second kappa shape index (κ2) is 3.59. The molecule has 0 amide bonds. The monoisotopic (exact) mass is 240 g/mol. The van der Waals surface area contributed by atoms with E-state index in [1.54, 1.807) is 6.92 Å². The van der Waals surface area contributed by atoms with E-state index >= 15 is 0 Å². The van der Waals surface area contributed by atoms with Gasteiger partial charge in [0.2, 0.25) is 0 Å². The molecule has 5 heteroatoms. The van der Waals surface area contributed by atoms with Crippen molar-refractivity contribution < 1.29 is 18.3 Å². The molecule has 1 aliphatic rings. The molecular formula is C11H12O4S. The van der Waals surface area contributed by atoms with Crippen LogP contribution in [-0.2, 0) is 16.3 Å². The van der Waals surface area contributed by atoms with E-state index in [9.17, 15) is 13.2 Å². The second-order valence-electron chi connectivity index (χ2n) is 3.94. The molecule has 2 rings (SSSR count). The predicted molar refractivity (Wildman–Crippen MR) is 58.5 cm³/mol. The number of hydrogen-bond donors (Lipinski definition) is 1. The SMILES string of the molecule is Cc1c(C(=O)O)ccc2c1CCCS2(=O)=O. The molecule has 0 bridgehead atoms. The maximum atomic E-state index is 11.8. The third kappa shape index (κ3) is 1.61. The molecule has 0 radical (unpaired) electrons. The summed E-state index contributed by atoms with van der Waals surface area (Å²) in [5.74, 6) is -0.852. The van der Waals surface area contributed by atoms with Gasteiger partial charge in [-0.25, -0.2) is 13.2 Å². The summed E-state index contributed by atoms with van der Waals surface area (Å²) in [6.45, 7) is 1.67. The molecule has 1 aromatic rings. The van der Waals surface area contributed by atoms with Crippen molar-refractivity contribution in [3.05, 3.63) is 28.8 Å². The van der Waals surface area contributed by atoms with E-state index in [1.807, 2.05) is 0 Å². The van der Waals surface area contributed by atoms with Crippen LogP contribution in [0.2, 0.25) is 0 Å². The van der Waals surface area contributed by atoms with E-state index in [-0.39, 0.29) is 11.3 Å². The topological polar surface area (TPSA) is 71.4 Å². The number of hydrogen-bond acceptors (Lipinski definition) is 3. The Morgan fingerprint density at radius 2 is 2.06 bits per heavy atom. The standard InChI is InChI=1S/C11H12O4S/c1-7-8-3-2-6-16(14,15)10(8)5-4-9(7)11(12)13/h4-5H,2-3,6H2,1H3,(H,12,13). The molecule has 1 heterocycles. The Morgan fingerprint density at radius 3 is 2.69 bits per heavy atom. The predicted octanol–water partition coefficient (Wildman–Crippen LogP) is 1.41. The fourth-order valence-electron chi connectivity index (χ4n) is 2.11. The molecule has 0 aliphatic carbocycles. The van der Waals surface area contributed by atoms with Crippen LogP contribution in [0.25, 0.3) is 0 Å². The highest BCUT2D eigenvalue weighted by Crippen LogP contribution is 2.29. The summed E-state index contributed by atoms with van der Waals surface area (Å²) in [6.07, 6.45) is 1.21. The maximum Gasteiger partial charge on any atom is 0.335 e. The van der Waals surface area contributed by atoms with Crippen molar-refractivity contribution in [2.45, 2.75) is 24.7 Å². The zero-order chi connectivity index (χ0) is 11.9. The van der Waals surface area contributed by atoms with Gasteiger partial charge in [-0.1, -0.05) is 0 Å². The second-order valence-corrected chi connectivity index (χ2v) is 6.02. The van der Waals surface area contributed by atoms with Crippen molar-refractivity contribution >= 4 is 15.8 Å². The number of rotatable bonds is 1. The zero-order valence-corrected chi connectivity index (χ0v) is 9.67. The number of sulfone groups is 1. The van der Waals surface area contributed by atoms with Gasteiger partial charge < -0.3 is 5.11 Å². The molecule has 0 fully saturated rings. The van der Waals surface area contributed by atoms with Crippen molar-refractivity contribution in [3.8, 4) is 0 Å². The van der Waals surface area contributed by atoms with E-state index in [0.29, 0.717) is 28.9 Å². The van der Waals surface area contributed by atoms with Crippen LogP contribution >= 0.6 is 0 Å². The van der Waals surface area contributed by atoms with E-state index in [0.717, 1.165) is 0 Å². The first-order valence-electron chi connectivity index (χ1n) is 5.02. The van der Waals surface area contributed by atoms with Crippen LogP contribution < -0.4 is 0 Å². The number of carboxylic acid groups (broad SMARTS) is 1. The molecular weight excluding hydrogens is 228 g/mol. The summed E-state index contributed by atoms with van der Waals surface area (Å²) in [6, 6.07) is 2.79. The number of benzene rings is 1. The Bertz CT molecular complexity index is 558. The van der Waals surface area contributed by atoms with Gasteiger partial charge in [0.1, 0.15) is 0 Å². The summed E-state index contributed by atoms with van der Waals surface area (Å²) in [4.78, 5) is 11.2. The van der Waals surface area contributed by atoms with Crippen LogP contribution in [0.15, 0.2) is 17.0 Å². The van der Waals surface area contributed by atoms with E-state index in [4.69, 9.17) is 5.11 Å². The lowest BCUT2D eigenvalue weighted by Gasteiger charge is -2.19. The third-order valence-electron chi connectivity index (χ3n) is 2.96. The van der Waals surface area contributed by atoms with Crippen molar-refractivity contribution in [2.75, 3.05) is 5.75 Å². The Morgan fingerprint density at radius 1 is 1.38 bits per heavy atom. The van der Waals surface area contributed by atoms with Gasteiger partial charge in [0.25, 0.3) is 0 Å². The first-order chi connectivity index (χ1) is 7.43. The molecule has 1 N–H and O–H groups in total. The summed E-state index contributed by atoms with van der Waals surface area (Å²) in [7, 11) is -3.20. The normalized spacial score (nSPS) is 17.8. The molecule has 86 valence electrons. The number of fused-ring (bicyclic) bond motifs is 1. The first-order valence-corrected chi connectivity index (χ1v) is 6.67. The summed E-state index contributed by atoms with van der Waals surface area (Å²) < 4.78 is 23.5. The van der Waals surface area contributed by atoms with Gasteiger partial charge in [-0.15, -0.1) is 0 Å². The van der Waals surface area contributed by atoms with Crippen LogP contribution in [0.3, 0.4) is 0 Å². The average molecular weight is 240 g/mol. The van der Waals surface area contributed by atoms with Crippen LogP contribution in [0.1, 0.15) is 27.9 Å². The van der Waals surface area contributed by atoms with Gasteiger partial charge in [-0.05, 0) is 43.0 Å². The molecule has 0 atom stereocenters. The van der Waals surface area contributed by atoms with Crippen LogP contribution in [0, 0.1) is 6.92 Å². The highest BCUT2D eigenvalue weighted by atomic mass is 32.2. The largest absolute Gasteiger partial charge is 0.478 e. The quantitative estimate of drug-likeness (QED) is 0.805. The van der Waals surface area contributed by atoms with Crippen molar-refractivity contribution in [1.82, 2.24) is 0 Å². The van der Waals surface area contributed by atoms with Gasteiger partial charge in [-0.2, -0.15) is 0 Å². The Kier molecular flexibility index (Phi) is 2.50. The fraction of sp³-hybridized carbons (Fsp3) is 0.364. The van der Waals surface area contributed by atoms with E-state index in [2.05, 4.69) is 0 Å². The Hall–Kier alpha value is -1.36. The molecule has 0 aromatic heterocycles. The highest BCUT2D eigenvalue weighted by molar-refractivity contribution is 7.91. The zero-order valence-electron chi connectivity index (χ0n) is 8.86. The fourth-order valence-corrected chi connectivity index (χ4v) is 3.76. The molecule has 1 aliphatic heterocycles. The number of carboxylic acids is 1. The summed E-state index contributed by atoms with van der Waals surface area (Å²) in [5.41, 5.74) is 1.44. The third-order valence-corrected chi connectivity index (χ3v) is 4.84.